The third-order valence-corrected chi connectivity index (χ3v) is 5.55. The van der Waals surface area contributed by atoms with Gasteiger partial charge < -0.3 is 0 Å². The summed E-state index contributed by atoms with van der Waals surface area (Å²) in [5, 5.41) is 0. The first-order valence-corrected chi connectivity index (χ1v) is 6.92. The second-order valence-corrected chi connectivity index (χ2v) is 6.49. The average molecular weight is 382 g/mol. The van der Waals surface area contributed by atoms with Crippen molar-refractivity contribution in [2.24, 2.45) is 0 Å². The zero-order valence-electron chi connectivity index (χ0n) is 7.77. The van der Waals surface area contributed by atoms with Gasteiger partial charge >= 0.3 is 5.51 Å². The Morgan fingerprint density at radius 2 is 1.69 bits per heavy atom. The molecule has 0 saturated carbocycles. The summed E-state index contributed by atoms with van der Waals surface area (Å²) >= 11 is 5.94. The number of hydrogen-bond donors (Lipinski definition) is 0. The lowest BCUT2D eigenvalue weighted by Crippen LogP contribution is -2.23. The summed E-state index contributed by atoms with van der Waals surface area (Å²) in [4.78, 5) is -0.777. The van der Waals surface area contributed by atoms with Crippen LogP contribution in [-0.4, -0.2) is 13.9 Å². The van der Waals surface area contributed by atoms with Crippen molar-refractivity contribution in [3.8, 4) is 0 Å². The zero-order valence-corrected chi connectivity index (χ0v) is 11.8. The Labute approximate surface area is 107 Å². The van der Waals surface area contributed by atoms with E-state index in [1.54, 1.807) is 0 Å². The maximum absolute atomic E-state index is 12.3. The molecule has 0 unspecified atom stereocenters. The van der Waals surface area contributed by atoms with E-state index in [9.17, 15) is 21.6 Å². The first-order valence-electron chi connectivity index (χ1n) is 3.85. The third kappa shape index (κ3) is 2.28. The van der Waals surface area contributed by atoms with Crippen molar-refractivity contribution in [1.82, 2.24) is 0 Å². The molecule has 1 aromatic rings. The summed E-state index contributed by atoms with van der Waals surface area (Å²) in [5.41, 5.74) is -4.90. The fourth-order valence-electron chi connectivity index (χ4n) is 0.969. The number of alkyl halides is 3. The Morgan fingerprint density at radius 3 is 2.12 bits per heavy atom. The molecule has 16 heavy (non-hydrogen) atoms. The van der Waals surface area contributed by atoms with Gasteiger partial charge in [0.15, 0.2) is 0 Å². The van der Waals surface area contributed by atoms with Crippen molar-refractivity contribution in [3.05, 3.63) is 26.6 Å². The van der Waals surface area contributed by atoms with Crippen LogP contribution in [0.4, 0.5) is 13.2 Å². The van der Waals surface area contributed by atoms with E-state index in [2.05, 4.69) is 31.9 Å². The molecule has 90 valence electrons. The standard InChI is InChI=1S/C8H5Br2F3O2S/c1-4-5(9)2-3-6(7(4)10)16(14,15)8(11,12)13/h2-3H,1H3. The van der Waals surface area contributed by atoms with Gasteiger partial charge in [-0.1, -0.05) is 15.9 Å². The Hall–Kier alpha value is -0.0800. The quantitative estimate of drug-likeness (QED) is 0.741. The lowest BCUT2D eigenvalue weighted by Gasteiger charge is -2.11. The van der Waals surface area contributed by atoms with Gasteiger partial charge in [-0.2, -0.15) is 13.2 Å². The highest BCUT2D eigenvalue weighted by atomic mass is 79.9. The number of sulfone groups is 1. The van der Waals surface area contributed by atoms with Crippen LogP contribution in [0.3, 0.4) is 0 Å². The van der Waals surface area contributed by atoms with E-state index >= 15 is 0 Å². The molecule has 0 atom stereocenters. The van der Waals surface area contributed by atoms with Crippen molar-refractivity contribution in [1.29, 1.82) is 0 Å². The van der Waals surface area contributed by atoms with Crippen LogP contribution in [0, 0.1) is 6.92 Å². The maximum Gasteiger partial charge on any atom is 0.501 e. The molecule has 0 aliphatic heterocycles. The van der Waals surface area contributed by atoms with Gasteiger partial charge in [0.2, 0.25) is 0 Å². The number of benzene rings is 1. The van der Waals surface area contributed by atoms with Gasteiger partial charge in [0.05, 0.1) is 4.90 Å². The van der Waals surface area contributed by atoms with Gasteiger partial charge in [0.1, 0.15) is 0 Å². The fourth-order valence-corrected chi connectivity index (χ4v) is 3.44. The first-order chi connectivity index (χ1) is 7.09. The van der Waals surface area contributed by atoms with Crippen molar-refractivity contribution in [2.75, 3.05) is 0 Å². The van der Waals surface area contributed by atoms with Crippen LogP contribution in [0.1, 0.15) is 5.56 Å². The van der Waals surface area contributed by atoms with Gasteiger partial charge in [-0.3, -0.25) is 0 Å². The zero-order chi connectivity index (χ0) is 12.7. The van der Waals surface area contributed by atoms with E-state index in [1.165, 1.54) is 13.0 Å². The maximum atomic E-state index is 12.3. The molecule has 0 heterocycles. The van der Waals surface area contributed by atoms with Crippen LogP contribution < -0.4 is 0 Å². The number of rotatable bonds is 1. The molecule has 1 aromatic carbocycles. The second-order valence-electron chi connectivity index (χ2n) is 2.93. The predicted octanol–water partition coefficient (Wildman–Crippen LogP) is 3.81. The molecule has 8 heteroatoms. The summed E-state index contributed by atoms with van der Waals surface area (Å²) < 4.78 is 59.7. The van der Waals surface area contributed by atoms with E-state index < -0.39 is 20.2 Å². The summed E-state index contributed by atoms with van der Waals surface area (Å²) in [6.07, 6.45) is 0. The Morgan fingerprint density at radius 1 is 1.19 bits per heavy atom. The molecule has 0 bridgehead atoms. The Bertz CT molecular complexity index is 523. The monoisotopic (exact) mass is 380 g/mol. The number of halogens is 5. The van der Waals surface area contributed by atoms with E-state index in [0.717, 1.165) is 6.07 Å². The van der Waals surface area contributed by atoms with Crippen molar-refractivity contribution >= 4 is 41.7 Å². The van der Waals surface area contributed by atoms with Gasteiger partial charge in [0, 0.05) is 8.95 Å². The highest BCUT2D eigenvalue weighted by molar-refractivity contribution is 9.11. The minimum Gasteiger partial charge on any atom is -0.214 e. The van der Waals surface area contributed by atoms with Crippen molar-refractivity contribution in [3.63, 3.8) is 0 Å². The van der Waals surface area contributed by atoms with Crippen LogP contribution in [0.2, 0.25) is 0 Å². The normalized spacial score (nSPS) is 12.9. The fraction of sp³-hybridized carbons (Fsp3) is 0.250. The SMILES string of the molecule is Cc1c(Br)ccc(S(=O)(=O)C(F)(F)F)c1Br. The van der Waals surface area contributed by atoms with Crippen molar-refractivity contribution in [2.45, 2.75) is 17.3 Å². The van der Waals surface area contributed by atoms with E-state index in [4.69, 9.17) is 0 Å². The van der Waals surface area contributed by atoms with E-state index in [1.807, 2.05) is 0 Å². The Kier molecular flexibility index (Phi) is 3.76. The second kappa shape index (κ2) is 4.30. The highest BCUT2D eigenvalue weighted by Gasteiger charge is 2.47. The van der Waals surface area contributed by atoms with Gasteiger partial charge in [-0.25, -0.2) is 8.42 Å². The van der Waals surface area contributed by atoms with Crippen LogP contribution in [0.25, 0.3) is 0 Å². The van der Waals surface area contributed by atoms with Crippen LogP contribution in [0.5, 0.6) is 0 Å². The molecule has 0 radical (unpaired) electrons. The highest BCUT2D eigenvalue weighted by Crippen LogP contribution is 2.37. The minimum atomic E-state index is -5.31. The summed E-state index contributed by atoms with van der Waals surface area (Å²) in [7, 11) is -5.31. The summed E-state index contributed by atoms with van der Waals surface area (Å²) in [5.74, 6) is 0. The molecule has 0 fully saturated rings. The van der Waals surface area contributed by atoms with Crippen LogP contribution >= 0.6 is 31.9 Å². The molecule has 0 amide bonds. The molecule has 0 aromatic heterocycles. The molecule has 1 rings (SSSR count). The van der Waals surface area contributed by atoms with Crippen LogP contribution in [0.15, 0.2) is 26.0 Å². The smallest absolute Gasteiger partial charge is 0.214 e. The van der Waals surface area contributed by atoms with Crippen LogP contribution in [-0.2, 0) is 9.84 Å². The van der Waals surface area contributed by atoms with Gasteiger partial charge in [0.25, 0.3) is 9.84 Å². The summed E-state index contributed by atoms with van der Waals surface area (Å²) in [6.45, 7) is 1.50. The van der Waals surface area contributed by atoms with Gasteiger partial charge in [-0.15, -0.1) is 0 Å². The molecule has 0 saturated heterocycles. The molecule has 2 nitrogen and oxygen atoms in total. The molecule has 0 aliphatic carbocycles. The molecule has 0 aliphatic rings. The third-order valence-electron chi connectivity index (χ3n) is 1.88. The molecular weight excluding hydrogens is 377 g/mol. The number of hydrogen-bond acceptors (Lipinski definition) is 2. The topological polar surface area (TPSA) is 34.1 Å². The van der Waals surface area contributed by atoms with Crippen molar-refractivity contribution < 1.29 is 21.6 Å². The summed E-state index contributed by atoms with van der Waals surface area (Å²) in [6, 6.07) is 2.17. The van der Waals surface area contributed by atoms with E-state index in [-0.39, 0.29) is 4.47 Å². The lowest BCUT2D eigenvalue weighted by molar-refractivity contribution is -0.0436. The largest absolute Gasteiger partial charge is 0.501 e. The van der Waals surface area contributed by atoms with Gasteiger partial charge in [-0.05, 0) is 40.5 Å². The average Bonchev–Trinajstić information content (AvgIpc) is 2.12. The minimum absolute atomic E-state index is 0.0841. The molecule has 0 spiro atoms. The first kappa shape index (κ1) is 14.0. The van der Waals surface area contributed by atoms with E-state index in [0.29, 0.717) is 10.0 Å². The predicted molar refractivity (Wildman–Crippen MR) is 59.8 cm³/mol. The molecule has 0 N–H and O–H groups in total. The lowest BCUT2D eigenvalue weighted by atomic mass is 10.2. The Balaban J connectivity index is 3.55. The molecular formula is C8H5Br2F3O2S.